The molecule has 0 N–H and O–H groups in total. The van der Waals surface area contributed by atoms with Crippen LogP contribution in [0.5, 0.6) is 0 Å². The molecule has 0 saturated carbocycles. The van der Waals surface area contributed by atoms with Crippen LogP contribution in [0.3, 0.4) is 0 Å². The first-order valence-electron chi connectivity index (χ1n) is 6.26. The smallest absolute Gasteiger partial charge is 0.229 e. The van der Waals surface area contributed by atoms with Gasteiger partial charge in [-0.15, -0.1) is 0 Å². The molecule has 0 fully saturated rings. The van der Waals surface area contributed by atoms with Crippen LogP contribution in [0.2, 0.25) is 5.02 Å². The van der Waals surface area contributed by atoms with Crippen molar-refractivity contribution in [3.8, 4) is 0 Å². The molecule has 0 bridgehead atoms. The number of hydrogen-bond donors (Lipinski definition) is 0. The van der Waals surface area contributed by atoms with Crippen LogP contribution in [-0.4, -0.2) is 5.71 Å². The fourth-order valence-corrected chi connectivity index (χ4v) is 2.41. The van der Waals surface area contributed by atoms with E-state index < -0.39 is 0 Å². The Kier molecular flexibility index (Phi) is 3.26. The number of rotatable bonds is 3. The molecule has 1 aromatic heterocycles. The van der Waals surface area contributed by atoms with Crippen molar-refractivity contribution in [2.24, 2.45) is 4.99 Å². The lowest BCUT2D eigenvalue weighted by Crippen LogP contribution is -2.35. The SMILES string of the molecule is CCCC[n+]1cc(Cl)cc2c1N=C(C)C2(C)C. The second kappa shape index (κ2) is 4.41. The minimum absolute atomic E-state index is 0.00813. The first-order chi connectivity index (χ1) is 7.96. The van der Waals surface area contributed by atoms with E-state index in [4.69, 9.17) is 16.6 Å². The number of nitrogens with zero attached hydrogens (tertiary/aromatic N) is 2. The third-order valence-corrected chi connectivity index (χ3v) is 3.89. The van der Waals surface area contributed by atoms with Crippen LogP contribution in [0.15, 0.2) is 17.3 Å². The van der Waals surface area contributed by atoms with Crippen molar-refractivity contribution in [2.75, 3.05) is 0 Å². The number of unbranched alkanes of at least 4 members (excludes halogenated alkanes) is 1. The summed E-state index contributed by atoms with van der Waals surface area (Å²) in [6.07, 6.45) is 4.33. The Bertz CT molecular complexity index is 475. The highest BCUT2D eigenvalue weighted by Crippen LogP contribution is 2.38. The van der Waals surface area contributed by atoms with Crippen molar-refractivity contribution in [3.05, 3.63) is 22.8 Å². The predicted molar refractivity (Wildman–Crippen MR) is 72.4 cm³/mol. The van der Waals surface area contributed by atoms with Crippen LogP contribution in [0.25, 0.3) is 0 Å². The van der Waals surface area contributed by atoms with E-state index in [0.717, 1.165) is 23.8 Å². The maximum absolute atomic E-state index is 6.21. The number of pyridine rings is 1. The summed E-state index contributed by atoms with van der Waals surface area (Å²) in [6, 6.07) is 2.05. The Morgan fingerprint density at radius 2 is 2.12 bits per heavy atom. The van der Waals surface area contributed by atoms with Crippen LogP contribution in [0.4, 0.5) is 5.82 Å². The lowest BCUT2D eigenvalue weighted by molar-refractivity contribution is -0.684. The van der Waals surface area contributed by atoms with Crippen molar-refractivity contribution >= 4 is 23.1 Å². The highest BCUT2D eigenvalue weighted by atomic mass is 35.5. The van der Waals surface area contributed by atoms with Gasteiger partial charge in [-0.25, -0.2) is 4.57 Å². The second-order valence-corrected chi connectivity index (χ2v) is 5.70. The largest absolute Gasteiger partial charge is 0.327 e. The van der Waals surface area contributed by atoms with Gasteiger partial charge in [-0.05, 0) is 38.3 Å². The summed E-state index contributed by atoms with van der Waals surface area (Å²) in [5.41, 5.74) is 2.42. The lowest BCUT2D eigenvalue weighted by atomic mass is 9.83. The van der Waals surface area contributed by atoms with Crippen molar-refractivity contribution < 1.29 is 4.57 Å². The quantitative estimate of drug-likeness (QED) is 0.727. The van der Waals surface area contributed by atoms with E-state index in [9.17, 15) is 0 Å². The minimum atomic E-state index is 0.00813. The summed E-state index contributed by atoms with van der Waals surface area (Å²) < 4.78 is 2.19. The van der Waals surface area contributed by atoms with Crippen molar-refractivity contribution in [3.63, 3.8) is 0 Å². The van der Waals surface area contributed by atoms with Gasteiger partial charge in [0.25, 0.3) is 0 Å². The molecule has 0 aromatic carbocycles. The molecular formula is C14H20ClN2+. The average molecular weight is 252 g/mol. The number of aliphatic imine (C=N–C) groups is 1. The van der Waals surface area contributed by atoms with Gasteiger partial charge in [-0.1, -0.05) is 24.9 Å². The molecule has 0 saturated heterocycles. The zero-order chi connectivity index (χ0) is 12.6. The van der Waals surface area contributed by atoms with Crippen molar-refractivity contribution in [2.45, 2.75) is 52.5 Å². The molecule has 0 amide bonds. The third kappa shape index (κ3) is 2.11. The summed E-state index contributed by atoms with van der Waals surface area (Å²) in [5.74, 6) is 1.09. The fraction of sp³-hybridized carbons (Fsp3) is 0.571. The Morgan fingerprint density at radius 1 is 1.41 bits per heavy atom. The monoisotopic (exact) mass is 251 g/mol. The number of aryl methyl sites for hydroxylation is 1. The zero-order valence-electron chi connectivity index (χ0n) is 11.0. The van der Waals surface area contributed by atoms with E-state index in [2.05, 4.69) is 38.3 Å². The van der Waals surface area contributed by atoms with Crippen LogP contribution < -0.4 is 4.57 Å². The van der Waals surface area contributed by atoms with Crippen LogP contribution in [0, 0.1) is 0 Å². The summed E-state index contributed by atoms with van der Waals surface area (Å²) in [4.78, 5) is 4.72. The first kappa shape index (κ1) is 12.6. The highest BCUT2D eigenvalue weighted by molar-refractivity contribution is 6.30. The lowest BCUT2D eigenvalue weighted by Gasteiger charge is -2.16. The fourth-order valence-electron chi connectivity index (χ4n) is 2.18. The zero-order valence-corrected chi connectivity index (χ0v) is 11.8. The Hall–Kier alpha value is -0.890. The third-order valence-electron chi connectivity index (χ3n) is 3.68. The molecule has 0 unspecified atom stereocenters. The number of aromatic nitrogens is 1. The number of halogens is 1. The molecule has 0 radical (unpaired) electrons. The van der Waals surface area contributed by atoms with Gasteiger partial charge in [0.15, 0.2) is 0 Å². The summed E-state index contributed by atoms with van der Waals surface area (Å²) in [7, 11) is 0. The van der Waals surface area contributed by atoms with Gasteiger partial charge in [0.2, 0.25) is 0 Å². The molecule has 1 aliphatic heterocycles. The van der Waals surface area contributed by atoms with E-state index in [-0.39, 0.29) is 5.41 Å². The van der Waals surface area contributed by atoms with E-state index >= 15 is 0 Å². The molecule has 1 aliphatic rings. The summed E-state index contributed by atoms with van der Waals surface area (Å²) in [5, 5.41) is 0.804. The molecule has 2 heterocycles. The Balaban J connectivity index is 2.51. The maximum Gasteiger partial charge on any atom is 0.327 e. The van der Waals surface area contributed by atoms with E-state index in [1.165, 1.54) is 17.7 Å². The molecule has 0 aliphatic carbocycles. The van der Waals surface area contributed by atoms with Crippen LogP contribution in [0.1, 0.15) is 46.1 Å². The van der Waals surface area contributed by atoms with Gasteiger partial charge < -0.3 is 0 Å². The molecule has 2 rings (SSSR count). The second-order valence-electron chi connectivity index (χ2n) is 5.26. The van der Waals surface area contributed by atoms with Gasteiger partial charge in [0.1, 0.15) is 11.9 Å². The normalized spacial score (nSPS) is 16.9. The summed E-state index contributed by atoms with van der Waals surface area (Å²) >= 11 is 6.21. The first-order valence-corrected chi connectivity index (χ1v) is 6.64. The number of hydrogen-bond acceptors (Lipinski definition) is 1. The highest BCUT2D eigenvalue weighted by Gasteiger charge is 2.41. The van der Waals surface area contributed by atoms with Crippen LogP contribution in [-0.2, 0) is 12.0 Å². The maximum atomic E-state index is 6.21. The van der Waals surface area contributed by atoms with Crippen LogP contribution >= 0.6 is 11.6 Å². The average Bonchev–Trinajstić information content (AvgIpc) is 2.49. The molecule has 2 nitrogen and oxygen atoms in total. The Labute approximate surface area is 108 Å². The van der Waals surface area contributed by atoms with Gasteiger partial charge in [0, 0.05) is 0 Å². The topological polar surface area (TPSA) is 16.2 Å². The molecule has 0 spiro atoms. The van der Waals surface area contributed by atoms with E-state index in [0.29, 0.717) is 0 Å². The van der Waals surface area contributed by atoms with E-state index in [1.807, 2.05) is 6.20 Å². The predicted octanol–water partition coefficient (Wildman–Crippen LogP) is 3.81. The number of fused-ring (bicyclic) bond motifs is 1. The van der Waals surface area contributed by atoms with E-state index in [1.54, 1.807) is 0 Å². The Morgan fingerprint density at radius 3 is 2.76 bits per heavy atom. The summed E-state index contributed by atoms with van der Waals surface area (Å²) in [6.45, 7) is 9.70. The van der Waals surface area contributed by atoms with Gasteiger partial charge in [0.05, 0.1) is 22.5 Å². The standard InChI is InChI=1S/C14H20ClN2/c1-5-6-7-17-9-11(15)8-12-13(17)16-10(2)14(12,3)4/h8-9H,5-7H2,1-4H3/q+1. The van der Waals surface area contributed by atoms with Crippen molar-refractivity contribution in [1.29, 1.82) is 0 Å². The molecule has 3 heteroatoms. The minimum Gasteiger partial charge on any atom is -0.229 e. The van der Waals surface area contributed by atoms with Gasteiger partial charge >= 0.3 is 5.82 Å². The molecule has 1 aromatic rings. The molecule has 17 heavy (non-hydrogen) atoms. The van der Waals surface area contributed by atoms with Gasteiger partial charge in [-0.2, -0.15) is 0 Å². The molecular weight excluding hydrogens is 232 g/mol. The molecule has 0 atom stereocenters. The van der Waals surface area contributed by atoms with Gasteiger partial charge in [-0.3, -0.25) is 0 Å². The molecule has 92 valence electrons. The van der Waals surface area contributed by atoms with Crippen molar-refractivity contribution in [1.82, 2.24) is 0 Å².